The van der Waals surface area contributed by atoms with Crippen molar-refractivity contribution in [1.29, 1.82) is 0 Å². The second-order valence-electron chi connectivity index (χ2n) is 8.64. The molecular weight excluding hydrogens is 480 g/mol. The summed E-state index contributed by atoms with van der Waals surface area (Å²) in [4.78, 5) is 20.9. The second kappa shape index (κ2) is 14.4. The molecule has 0 fully saturated rings. The van der Waals surface area contributed by atoms with E-state index in [9.17, 15) is 14.3 Å². The largest absolute Gasteiger partial charge is 0.492 e. The summed E-state index contributed by atoms with van der Waals surface area (Å²) in [5.41, 5.74) is 0. The van der Waals surface area contributed by atoms with Crippen molar-refractivity contribution in [3.05, 3.63) is 28.2 Å². The van der Waals surface area contributed by atoms with Crippen molar-refractivity contribution in [2.75, 3.05) is 40.9 Å². The number of ether oxygens (including phenoxy) is 1. The van der Waals surface area contributed by atoms with Gasteiger partial charge < -0.3 is 19.2 Å². The molecule has 0 aliphatic carbocycles. The topological polar surface area (TPSA) is 102 Å². The van der Waals surface area contributed by atoms with E-state index in [1.165, 1.54) is 0 Å². The predicted octanol–water partition coefficient (Wildman–Crippen LogP) is 5.40. The van der Waals surface area contributed by atoms with E-state index in [-0.39, 0.29) is 19.6 Å². The van der Waals surface area contributed by atoms with Gasteiger partial charge in [0.15, 0.2) is 0 Å². The molecule has 0 amide bonds. The summed E-state index contributed by atoms with van der Waals surface area (Å²) < 4.78 is 28.3. The van der Waals surface area contributed by atoms with E-state index in [0.29, 0.717) is 33.3 Å². The highest BCUT2D eigenvalue weighted by Gasteiger charge is 2.31. The average Bonchev–Trinajstić information content (AvgIpc) is 2.62. The van der Waals surface area contributed by atoms with E-state index in [1.807, 2.05) is 21.1 Å². The molecule has 0 bridgehead atoms. The van der Waals surface area contributed by atoms with Gasteiger partial charge in [0.1, 0.15) is 18.4 Å². The predicted molar refractivity (Wildman–Crippen MR) is 125 cm³/mol. The number of hydrogen-bond donors (Lipinski definition) is 2. The van der Waals surface area contributed by atoms with Crippen molar-refractivity contribution in [3.63, 3.8) is 0 Å². The first-order valence-corrected chi connectivity index (χ1v) is 12.9. The molecule has 0 radical (unpaired) electrons. The number of hydrogen-bond acceptors (Lipinski definition) is 5. The van der Waals surface area contributed by atoms with Crippen molar-refractivity contribution in [3.8, 4) is 5.75 Å². The third kappa shape index (κ3) is 14.3. The highest BCUT2D eigenvalue weighted by atomic mass is 35.5. The normalized spacial score (nSPS) is 14.7. The number of benzene rings is 1. The Kier molecular flexibility index (Phi) is 13.1. The van der Waals surface area contributed by atoms with Crippen LogP contribution in [0, 0.1) is 0 Å². The number of carbonyl (C=O) groups is 1. The minimum absolute atomic E-state index is 0.0795. The smallest absolute Gasteiger partial charge is 0.472 e. The molecule has 0 aromatic heterocycles. The van der Waals surface area contributed by atoms with Gasteiger partial charge in [-0.1, -0.05) is 48.9 Å². The zero-order valence-electron chi connectivity index (χ0n) is 19.0. The highest BCUT2D eigenvalue weighted by molar-refractivity contribution is 7.47. The standard InChI is InChI=1S/C21H34Cl2NO7P/c1-24(2,3)16-18(15-21(25)26)31-32(27,28)30-13-9-7-5-4-6-8-12-29-20-11-10-17(22)14-19(20)23/h10-11,14,18H,4-9,12-13,15-16H2,1-3H3,(H-,25,26,27,28)/p+1. The Bertz CT molecular complexity index is 758. The monoisotopic (exact) mass is 514 g/mol. The minimum Gasteiger partial charge on any atom is -0.492 e. The van der Waals surface area contributed by atoms with Gasteiger partial charge in [0.2, 0.25) is 0 Å². The number of nitrogens with zero attached hydrogens (tertiary/aromatic N) is 1. The van der Waals surface area contributed by atoms with Gasteiger partial charge in [-0.3, -0.25) is 13.8 Å². The first-order valence-electron chi connectivity index (χ1n) is 10.6. The summed E-state index contributed by atoms with van der Waals surface area (Å²) in [6.45, 7) is 0.921. The number of phosphoric acid groups is 1. The van der Waals surface area contributed by atoms with Gasteiger partial charge in [0, 0.05) is 5.02 Å². The molecule has 0 aliphatic heterocycles. The van der Waals surface area contributed by atoms with Crippen LogP contribution in [0.4, 0.5) is 0 Å². The van der Waals surface area contributed by atoms with Crippen LogP contribution in [-0.2, 0) is 18.4 Å². The first kappa shape index (κ1) is 29.2. The molecule has 32 heavy (non-hydrogen) atoms. The molecule has 1 aromatic carbocycles. The van der Waals surface area contributed by atoms with Crippen LogP contribution < -0.4 is 4.74 Å². The van der Waals surface area contributed by atoms with E-state index in [1.54, 1.807) is 18.2 Å². The minimum atomic E-state index is -4.31. The molecule has 2 N–H and O–H groups in total. The maximum absolute atomic E-state index is 12.1. The summed E-state index contributed by atoms with van der Waals surface area (Å²) in [6, 6.07) is 5.13. The van der Waals surface area contributed by atoms with Crippen molar-refractivity contribution in [1.82, 2.24) is 0 Å². The van der Waals surface area contributed by atoms with Crippen LogP contribution in [0.1, 0.15) is 44.9 Å². The molecule has 0 heterocycles. The lowest BCUT2D eigenvalue weighted by atomic mass is 10.1. The number of aliphatic carboxylic acids is 1. The molecule has 0 spiro atoms. The van der Waals surface area contributed by atoms with E-state index < -0.39 is 19.9 Å². The van der Waals surface area contributed by atoms with Gasteiger partial charge in [-0.2, -0.15) is 0 Å². The quantitative estimate of drug-likeness (QED) is 0.163. The van der Waals surface area contributed by atoms with Crippen LogP contribution in [0.25, 0.3) is 0 Å². The van der Waals surface area contributed by atoms with Crippen LogP contribution in [-0.4, -0.2) is 67.5 Å². The van der Waals surface area contributed by atoms with E-state index in [2.05, 4.69) is 0 Å². The molecule has 0 saturated carbocycles. The van der Waals surface area contributed by atoms with Crippen LogP contribution in [0.5, 0.6) is 5.75 Å². The fourth-order valence-corrected chi connectivity index (χ4v) is 4.43. The molecular formula is C21H35Cl2NO7P+. The highest BCUT2D eigenvalue weighted by Crippen LogP contribution is 2.45. The number of phosphoric ester groups is 1. The molecule has 1 rings (SSSR count). The maximum atomic E-state index is 12.1. The van der Waals surface area contributed by atoms with Crippen LogP contribution in [0.2, 0.25) is 10.0 Å². The average molecular weight is 515 g/mol. The number of halogens is 2. The molecule has 2 atom stereocenters. The van der Waals surface area contributed by atoms with Crippen LogP contribution >= 0.6 is 31.0 Å². The number of rotatable bonds is 17. The number of carboxylic acids is 1. The lowest BCUT2D eigenvalue weighted by Gasteiger charge is -2.29. The Hall–Kier alpha value is -0.860. The summed E-state index contributed by atoms with van der Waals surface area (Å²) in [5.74, 6) is -0.471. The van der Waals surface area contributed by atoms with Gasteiger partial charge in [0.05, 0.1) is 45.8 Å². The summed E-state index contributed by atoms with van der Waals surface area (Å²) in [6.07, 6.45) is 4.05. The van der Waals surface area contributed by atoms with Gasteiger partial charge in [-0.05, 0) is 31.0 Å². The number of quaternary nitrogens is 1. The van der Waals surface area contributed by atoms with Crippen molar-refractivity contribution in [2.24, 2.45) is 0 Å². The van der Waals surface area contributed by atoms with Crippen molar-refractivity contribution in [2.45, 2.75) is 51.0 Å². The number of likely N-dealkylation sites (N-methyl/N-ethyl adjacent to an activating group) is 1. The maximum Gasteiger partial charge on any atom is 0.472 e. The third-order valence-corrected chi connectivity index (χ3v) is 5.98. The number of carboxylic acid groups (broad SMARTS) is 1. The summed E-state index contributed by atoms with van der Waals surface area (Å²) in [7, 11) is 1.24. The van der Waals surface area contributed by atoms with E-state index >= 15 is 0 Å². The lowest BCUT2D eigenvalue weighted by molar-refractivity contribution is -0.873. The van der Waals surface area contributed by atoms with E-state index in [4.69, 9.17) is 42.1 Å². The van der Waals surface area contributed by atoms with Gasteiger partial charge in [-0.25, -0.2) is 4.57 Å². The molecule has 1 aromatic rings. The zero-order valence-corrected chi connectivity index (χ0v) is 21.4. The van der Waals surface area contributed by atoms with E-state index in [0.717, 1.165) is 32.1 Å². The Morgan fingerprint density at radius 3 is 2.22 bits per heavy atom. The van der Waals surface area contributed by atoms with Gasteiger partial charge >= 0.3 is 13.8 Å². The Balaban J connectivity index is 2.15. The SMILES string of the molecule is C[N+](C)(C)CC(CC(=O)O)OP(=O)(O)OCCCCCCCCOc1ccc(Cl)cc1Cl. The summed E-state index contributed by atoms with van der Waals surface area (Å²) >= 11 is 11.9. The van der Waals surface area contributed by atoms with Crippen molar-refractivity contribution >= 4 is 37.0 Å². The fraction of sp³-hybridized carbons (Fsp3) is 0.667. The molecule has 0 aliphatic rings. The Morgan fingerprint density at radius 1 is 1.06 bits per heavy atom. The zero-order chi connectivity index (χ0) is 24.2. The first-order chi connectivity index (χ1) is 14.9. The molecule has 0 saturated heterocycles. The molecule has 2 unspecified atom stereocenters. The Labute approximate surface area is 200 Å². The third-order valence-electron chi connectivity index (χ3n) is 4.38. The lowest BCUT2D eigenvalue weighted by Crippen LogP contribution is -2.42. The van der Waals surface area contributed by atoms with Crippen molar-refractivity contribution < 1.29 is 37.6 Å². The van der Waals surface area contributed by atoms with Crippen LogP contribution in [0.3, 0.4) is 0 Å². The summed E-state index contributed by atoms with van der Waals surface area (Å²) in [5, 5.41) is 10.1. The fourth-order valence-electron chi connectivity index (χ4n) is 3.03. The Morgan fingerprint density at radius 2 is 1.66 bits per heavy atom. The van der Waals surface area contributed by atoms with Gasteiger partial charge in [0.25, 0.3) is 0 Å². The van der Waals surface area contributed by atoms with Gasteiger partial charge in [-0.15, -0.1) is 0 Å². The van der Waals surface area contributed by atoms with Crippen LogP contribution in [0.15, 0.2) is 18.2 Å². The molecule has 8 nitrogen and oxygen atoms in total. The molecule has 11 heteroatoms. The number of unbranched alkanes of at least 4 members (excludes halogenated alkanes) is 5. The molecule has 184 valence electrons. The second-order valence-corrected chi connectivity index (χ2v) is 10.9.